The summed E-state index contributed by atoms with van der Waals surface area (Å²) >= 11 is 1.45. The van der Waals surface area contributed by atoms with Crippen LogP contribution < -0.4 is 0 Å². The van der Waals surface area contributed by atoms with E-state index >= 15 is 0 Å². The van der Waals surface area contributed by atoms with Crippen molar-refractivity contribution in [2.45, 2.75) is 43.9 Å². The monoisotopic (exact) mass is 306 g/mol. The molecule has 0 aromatic heterocycles. The Bertz CT molecular complexity index is 477. The molecule has 4 heteroatoms. The van der Waals surface area contributed by atoms with E-state index in [9.17, 15) is 9.59 Å². The van der Waals surface area contributed by atoms with Gasteiger partial charge in [0.05, 0.1) is 12.4 Å². The fraction of sp³-hybridized carbons (Fsp3) is 0.529. The van der Waals surface area contributed by atoms with Crippen LogP contribution in [-0.2, 0) is 9.53 Å². The second-order valence-corrected chi connectivity index (χ2v) is 6.43. The number of ether oxygens (including phenoxy) is 1. The molecule has 1 fully saturated rings. The molecule has 2 rings (SSSR count). The van der Waals surface area contributed by atoms with Crippen molar-refractivity contribution in [3.63, 3.8) is 0 Å². The topological polar surface area (TPSA) is 43.4 Å². The molecule has 1 aromatic rings. The van der Waals surface area contributed by atoms with E-state index in [4.69, 9.17) is 4.74 Å². The van der Waals surface area contributed by atoms with E-state index in [0.717, 1.165) is 42.6 Å². The van der Waals surface area contributed by atoms with Gasteiger partial charge in [0.15, 0.2) is 5.78 Å². The zero-order chi connectivity index (χ0) is 15.1. The molecule has 1 aliphatic carbocycles. The van der Waals surface area contributed by atoms with Crippen LogP contribution in [-0.4, -0.2) is 24.1 Å². The zero-order valence-corrected chi connectivity index (χ0v) is 13.3. The number of ketones is 1. The molecule has 1 aromatic carbocycles. The highest BCUT2D eigenvalue weighted by molar-refractivity contribution is 8.00. The molecule has 0 atom stereocenters. The summed E-state index contributed by atoms with van der Waals surface area (Å²) < 4.78 is 5.15. The van der Waals surface area contributed by atoms with Crippen LogP contribution >= 0.6 is 11.8 Å². The van der Waals surface area contributed by atoms with Crippen LogP contribution in [0.3, 0.4) is 0 Å². The number of carbonyl (C=O) groups is 2. The minimum absolute atomic E-state index is 0.172. The van der Waals surface area contributed by atoms with Crippen LogP contribution in [0.15, 0.2) is 29.2 Å². The van der Waals surface area contributed by atoms with E-state index in [1.807, 2.05) is 24.3 Å². The zero-order valence-electron chi connectivity index (χ0n) is 12.5. The predicted octanol–water partition coefficient (Wildman–Crippen LogP) is 4.10. The lowest BCUT2D eigenvalue weighted by molar-refractivity contribution is -0.140. The van der Waals surface area contributed by atoms with E-state index in [1.54, 1.807) is 0 Å². The molecule has 1 saturated carbocycles. The molecule has 0 saturated heterocycles. The van der Waals surface area contributed by atoms with Gasteiger partial charge in [-0.05, 0) is 31.4 Å². The molecule has 114 valence electrons. The summed E-state index contributed by atoms with van der Waals surface area (Å²) in [6.07, 6.45) is 5.21. The molecule has 0 heterocycles. The minimum atomic E-state index is -0.172. The Kier molecular flexibility index (Phi) is 6.30. The highest BCUT2D eigenvalue weighted by atomic mass is 32.2. The summed E-state index contributed by atoms with van der Waals surface area (Å²) in [5.74, 6) is 0.653. The standard InChI is InChI=1S/C17H22O3S/c1-2-3-4-11-20-16(18)12-21-15-9-7-14(8-10-15)17(19)13-5-6-13/h7-10,13H,2-6,11-12H2,1H3. The Morgan fingerprint density at radius 1 is 1.19 bits per heavy atom. The van der Waals surface area contributed by atoms with Crippen LogP contribution in [0.2, 0.25) is 0 Å². The quantitative estimate of drug-likeness (QED) is 0.298. The van der Waals surface area contributed by atoms with Gasteiger partial charge in [-0.2, -0.15) is 0 Å². The number of rotatable bonds is 9. The average Bonchev–Trinajstić information content (AvgIpc) is 3.34. The number of Topliss-reactive ketones (excluding diaryl/α,β-unsaturated/α-hetero) is 1. The lowest BCUT2D eigenvalue weighted by Gasteiger charge is -2.05. The van der Waals surface area contributed by atoms with Gasteiger partial charge in [-0.15, -0.1) is 11.8 Å². The summed E-state index contributed by atoms with van der Waals surface area (Å²) in [4.78, 5) is 24.4. The molecule has 0 spiro atoms. The molecular weight excluding hydrogens is 284 g/mol. The van der Waals surface area contributed by atoms with Crippen molar-refractivity contribution >= 4 is 23.5 Å². The summed E-state index contributed by atoms with van der Waals surface area (Å²) in [7, 11) is 0. The van der Waals surface area contributed by atoms with Gasteiger partial charge in [0.25, 0.3) is 0 Å². The average molecular weight is 306 g/mol. The summed E-state index contributed by atoms with van der Waals surface area (Å²) in [6.45, 7) is 2.64. The maximum absolute atomic E-state index is 11.9. The first kappa shape index (κ1) is 16.1. The second kappa shape index (κ2) is 8.23. The summed E-state index contributed by atoms with van der Waals surface area (Å²) in [5.41, 5.74) is 0.781. The SMILES string of the molecule is CCCCCOC(=O)CSc1ccc(C(=O)C2CC2)cc1. The first-order valence-corrected chi connectivity index (χ1v) is 8.62. The third-order valence-corrected chi connectivity index (χ3v) is 4.44. The van der Waals surface area contributed by atoms with Gasteiger partial charge in [-0.1, -0.05) is 31.9 Å². The molecule has 0 bridgehead atoms. The maximum atomic E-state index is 11.9. The molecule has 0 aliphatic heterocycles. The van der Waals surface area contributed by atoms with Crippen molar-refractivity contribution in [1.82, 2.24) is 0 Å². The van der Waals surface area contributed by atoms with Crippen LogP contribution in [0, 0.1) is 5.92 Å². The molecule has 0 N–H and O–H groups in total. The lowest BCUT2D eigenvalue weighted by atomic mass is 10.1. The number of benzene rings is 1. The highest BCUT2D eigenvalue weighted by Gasteiger charge is 2.30. The first-order valence-electron chi connectivity index (χ1n) is 7.63. The molecule has 0 amide bonds. The van der Waals surface area contributed by atoms with Crippen molar-refractivity contribution in [3.8, 4) is 0 Å². The van der Waals surface area contributed by atoms with E-state index in [2.05, 4.69) is 6.92 Å². The third-order valence-electron chi connectivity index (χ3n) is 3.45. The normalized spacial score (nSPS) is 14.0. The Balaban J connectivity index is 1.70. The van der Waals surface area contributed by atoms with Gasteiger partial charge >= 0.3 is 5.97 Å². The molecule has 0 radical (unpaired) electrons. The van der Waals surface area contributed by atoms with Gasteiger partial charge in [-0.3, -0.25) is 9.59 Å². The van der Waals surface area contributed by atoms with Crippen LogP contribution in [0.25, 0.3) is 0 Å². The Morgan fingerprint density at radius 2 is 1.90 bits per heavy atom. The highest BCUT2D eigenvalue weighted by Crippen LogP contribution is 2.33. The third kappa shape index (κ3) is 5.54. The number of esters is 1. The molecular formula is C17H22O3S. The van der Waals surface area contributed by atoms with Crippen molar-refractivity contribution in [3.05, 3.63) is 29.8 Å². The molecule has 0 unspecified atom stereocenters. The van der Waals surface area contributed by atoms with E-state index < -0.39 is 0 Å². The first-order chi connectivity index (χ1) is 10.2. The number of hydrogen-bond acceptors (Lipinski definition) is 4. The molecule has 21 heavy (non-hydrogen) atoms. The van der Waals surface area contributed by atoms with Crippen molar-refractivity contribution in [2.24, 2.45) is 5.92 Å². The lowest BCUT2D eigenvalue weighted by Crippen LogP contribution is -2.08. The van der Waals surface area contributed by atoms with Crippen LogP contribution in [0.1, 0.15) is 49.4 Å². The van der Waals surface area contributed by atoms with Gasteiger partial charge in [0, 0.05) is 16.4 Å². The van der Waals surface area contributed by atoms with Crippen LogP contribution in [0.4, 0.5) is 0 Å². The maximum Gasteiger partial charge on any atom is 0.316 e. The fourth-order valence-corrected chi connectivity index (χ4v) is 2.72. The smallest absolute Gasteiger partial charge is 0.316 e. The summed E-state index contributed by atoms with van der Waals surface area (Å²) in [6, 6.07) is 7.53. The van der Waals surface area contributed by atoms with Crippen LogP contribution in [0.5, 0.6) is 0 Å². The number of unbranched alkanes of at least 4 members (excludes halogenated alkanes) is 2. The van der Waals surface area contributed by atoms with E-state index in [1.165, 1.54) is 11.8 Å². The number of carbonyl (C=O) groups excluding carboxylic acids is 2. The Morgan fingerprint density at radius 3 is 2.52 bits per heavy atom. The fourth-order valence-electron chi connectivity index (χ4n) is 2.02. The molecule has 1 aliphatic rings. The van der Waals surface area contributed by atoms with Gasteiger partial charge < -0.3 is 4.74 Å². The largest absolute Gasteiger partial charge is 0.465 e. The number of hydrogen-bond donors (Lipinski definition) is 0. The van der Waals surface area contributed by atoms with E-state index in [-0.39, 0.29) is 17.7 Å². The van der Waals surface area contributed by atoms with Gasteiger partial charge in [-0.25, -0.2) is 0 Å². The van der Waals surface area contributed by atoms with Crippen molar-refractivity contribution in [1.29, 1.82) is 0 Å². The summed E-state index contributed by atoms with van der Waals surface area (Å²) in [5, 5.41) is 0. The Hall–Kier alpha value is -1.29. The second-order valence-electron chi connectivity index (χ2n) is 5.38. The van der Waals surface area contributed by atoms with Crippen molar-refractivity contribution in [2.75, 3.05) is 12.4 Å². The minimum Gasteiger partial charge on any atom is -0.465 e. The van der Waals surface area contributed by atoms with Gasteiger partial charge in [0.1, 0.15) is 0 Å². The molecule has 3 nitrogen and oxygen atoms in total. The van der Waals surface area contributed by atoms with Gasteiger partial charge in [0.2, 0.25) is 0 Å². The van der Waals surface area contributed by atoms with E-state index in [0.29, 0.717) is 12.4 Å². The van der Waals surface area contributed by atoms with Crippen molar-refractivity contribution < 1.29 is 14.3 Å². The number of thioether (sulfide) groups is 1. The Labute approximate surface area is 130 Å². The predicted molar refractivity (Wildman–Crippen MR) is 84.7 cm³/mol.